The molecule has 4 N–H and O–H groups in total. The van der Waals surface area contributed by atoms with Gasteiger partial charge in [0.25, 0.3) is 5.91 Å². The number of nitrogen functional groups attached to an aromatic ring is 1. The van der Waals surface area contributed by atoms with Gasteiger partial charge in [-0.2, -0.15) is 0 Å². The molecule has 0 aliphatic rings. The van der Waals surface area contributed by atoms with E-state index < -0.39 is 5.91 Å². The molecule has 0 aliphatic heterocycles. The summed E-state index contributed by atoms with van der Waals surface area (Å²) in [6, 6.07) is 9.23. The smallest absolute Gasteiger partial charge is 0.259 e. The lowest BCUT2D eigenvalue weighted by Gasteiger charge is -2.09. The molecule has 0 atom stereocenters. The van der Waals surface area contributed by atoms with Crippen LogP contribution in [0.3, 0.4) is 0 Å². The van der Waals surface area contributed by atoms with Crippen LogP contribution in [0.1, 0.15) is 10.4 Å². The summed E-state index contributed by atoms with van der Waals surface area (Å²) < 4.78 is 0. The normalized spacial score (nSPS) is 10.2. The van der Waals surface area contributed by atoms with Crippen LogP contribution >= 0.6 is 23.2 Å². The van der Waals surface area contributed by atoms with E-state index in [1.165, 1.54) is 18.2 Å². The second kappa shape index (κ2) is 5.38. The molecule has 0 saturated carbocycles. The first kappa shape index (κ1) is 13.5. The fraction of sp³-hybridized carbons (Fsp3) is 0. The number of halogens is 2. The molecule has 2 aromatic carbocycles. The van der Waals surface area contributed by atoms with E-state index in [4.69, 9.17) is 28.9 Å². The van der Waals surface area contributed by atoms with Gasteiger partial charge in [-0.3, -0.25) is 4.79 Å². The van der Waals surface area contributed by atoms with Crippen LogP contribution in [0.4, 0.5) is 11.4 Å². The molecule has 0 heterocycles. The molecule has 0 fully saturated rings. The van der Waals surface area contributed by atoms with E-state index in [0.29, 0.717) is 15.7 Å². The highest BCUT2D eigenvalue weighted by molar-refractivity contribution is 6.35. The number of carbonyl (C=O) groups is 1. The van der Waals surface area contributed by atoms with Gasteiger partial charge >= 0.3 is 0 Å². The molecule has 6 heteroatoms. The number of nitrogens with two attached hydrogens (primary N) is 1. The Kier molecular flexibility index (Phi) is 3.83. The monoisotopic (exact) mass is 296 g/mol. The Morgan fingerprint density at radius 2 is 1.95 bits per heavy atom. The lowest BCUT2D eigenvalue weighted by atomic mass is 10.1. The van der Waals surface area contributed by atoms with E-state index in [2.05, 4.69) is 5.32 Å². The van der Waals surface area contributed by atoms with Crippen molar-refractivity contribution in [2.45, 2.75) is 0 Å². The van der Waals surface area contributed by atoms with Gasteiger partial charge in [-0.05, 0) is 30.3 Å². The number of para-hydroxylation sites is 1. The van der Waals surface area contributed by atoms with Crippen molar-refractivity contribution in [1.82, 2.24) is 0 Å². The highest BCUT2D eigenvalue weighted by Gasteiger charge is 2.14. The molecule has 2 aromatic rings. The van der Waals surface area contributed by atoms with E-state index in [-0.39, 0.29) is 17.0 Å². The zero-order valence-electron chi connectivity index (χ0n) is 9.65. The third-order valence-corrected chi connectivity index (χ3v) is 3.05. The number of hydrogen-bond acceptors (Lipinski definition) is 3. The molecule has 0 radical (unpaired) electrons. The molecule has 19 heavy (non-hydrogen) atoms. The summed E-state index contributed by atoms with van der Waals surface area (Å²) in [7, 11) is 0. The summed E-state index contributed by atoms with van der Waals surface area (Å²) in [6.07, 6.45) is 0. The molecule has 4 nitrogen and oxygen atoms in total. The zero-order chi connectivity index (χ0) is 14.0. The molecule has 1 amide bonds. The Morgan fingerprint density at radius 1 is 1.21 bits per heavy atom. The highest BCUT2D eigenvalue weighted by atomic mass is 35.5. The lowest BCUT2D eigenvalue weighted by molar-refractivity contribution is 0.102. The number of rotatable bonds is 2. The fourth-order valence-corrected chi connectivity index (χ4v) is 1.86. The predicted molar refractivity (Wildman–Crippen MR) is 76.9 cm³/mol. The zero-order valence-corrected chi connectivity index (χ0v) is 11.2. The van der Waals surface area contributed by atoms with Crippen molar-refractivity contribution in [2.24, 2.45) is 0 Å². The van der Waals surface area contributed by atoms with Crippen molar-refractivity contribution in [3.05, 3.63) is 52.0 Å². The number of benzene rings is 2. The van der Waals surface area contributed by atoms with Crippen LogP contribution in [0, 0.1) is 0 Å². The number of carbonyl (C=O) groups excluding carboxylic acids is 1. The summed E-state index contributed by atoms with van der Waals surface area (Å²) in [5.74, 6) is -0.785. The van der Waals surface area contributed by atoms with Crippen LogP contribution in [-0.4, -0.2) is 11.0 Å². The van der Waals surface area contributed by atoms with Crippen LogP contribution < -0.4 is 11.1 Å². The van der Waals surface area contributed by atoms with E-state index in [9.17, 15) is 9.90 Å². The second-order valence-electron chi connectivity index (χ2n) is 3.82. The predicted octanol–water partition coefficient (Wildman–Crippen LogP) is 3.53. The fourth-order valence-electron chi connectivity index (χ4n) is 1.53. The quantitative estimate of drug-likeness (QED) is 0.586. The van der Waals surface area contributed by atoms with Crippen LogP contribution in [-0.2, 0) is 0 Å². The molecule has 0 saturated heterocycles. The van der Waals surface area contributed by atoms with Gasteiger partial charge in [0.05, 0.1) is 22.0 Å². The number of nitrogens with one attached hydrogen (secondary N) is 1. The molecule has 0 bridgehead atoms. The van der Waals surface area contributed by atoms with Crippen molar-refractivity contribution in [3.63, 3.8) is 0 Å². The molecule has 0 unspecified atom stereocenters. The Labute approximate surface area is 119 Å². The molecule has 0 spiro atoms. The van der Waals surface area contributed by atoms with Crippen molar-refractivity contribution in [3.8, 4) is 5.75 Å². The van der Waals surface area contributed by atoms with Crippen molar-refractivity contribution in [2.75, 3.05) is 11.1 Å². The SMILES string of the molecule is Nc1cccc(C(=O)Nc2cc(Cl)ccc2Cl)c1O. The van der Waals surface area contributed by atoms with Gasteiger partial charge in [-0.15, -0.1) is 0 Å². The van der Waals surface area contributed by atoms with Gasteiger partial charge in [-0.1, -0.05) is 29.3 Å². The summed E-state index contributed by atoms with van der Waals surface area (Å²) >= 11 is 11.8. The maximum atomic E-state index is 12.0. The van der Waals surface area contributed by atoms with Crippen LogP contribution in [0.2, 0.25) is 10.0 Å². The number of hydrogen-bond donors (Lipinski definition) is 3. The van der Waals surface area contributed by atoms with Gasteiger partial charge in [0.2, 0.25) is 0 Å². The van der Waals surface area contributed by atoms with Crippen molar-refractivity contribution in [1.29, 1.82) is 0 Å². The number of phenols is 1. The minimum Gasteiger partial charge on any atom is -0.505 e. The standard InChI is InChI=1S/C13H10Cl2N2O2/c14-7-4-5-9(15)11(6-7)17-13(19)8-2-1-3-10(16)12(8)18/h1-6,18H,16H2,(H,17,19). The molecule has 98 valence electrons. The maximum Gasteiger partial charge on any atom is 0.259 e. The van der Waals surface area contributed by atoms with Gasteiger partial charge in [0.1, 0.15) is 0 Å². The number of aromatic hydroxyl groups is 1. The molecular formula is C13H10Cl2N2O2. The van der Waals surface area contributed by atoms with Crippen LogP contribution in [0.5, 0.6) is 5.75 Å². The van der Waals surface area contributed by atoms with E-state index in [1.54, 1.807) is 18.2 Å². The summed E-state index contributed by atoms with van der Waals surface area (Å²) in [5, 5.41) is 13.1. The first-order chi connectivity index (χ1) is 8.99. The molecule has 2 rings (SSSR count). The molecular weight excluding hydrogens is 287 g/mol. The Morgan fingerprint density at radius 3 is 2.68 bits per heavy atom. The minimum absolute atomic E-state index is 0.0658. The van der Waals surface area contributed by atoms with E-state index in [1.807, 2.05) is 0 Å². The first-order valence-corrected chi connectivity index (χ1v) is 6.08. The third-order valence-electron chi connectivity index (χ3n) is 2.49. The number of amides is 1. The second-order valence-corrected chi connectivity index (χ2v) is 4.67. The number of anilines is 2. The van der Waals surface area contributed by atoms with Gasteiger partial charge in [-0.25, -0.2) is 0 Å². The van der Waals surface area contributed by atoms with E-state index in [0.717, 1.165) is 0 Å². The molecule has 0 aliphatic carbocycles. The Bertz CT molecular complexity index is 645. The minimum atomic E-state index is -0.519. The Balaban J connectivity index is 2.31. The lowest BCUT2D eigenvalue weighted by Crippen LogP contribution is -2.13. The third kappa shape index (κ3) is 2.92. The highest BCUT2D eigenvalue weighted by Crippen LogP contribution is 2.28. The van der Waals surface area contributed by atoms with Crippen molar-refractivity contribution >= 4 is 40.5 Å². The van der Waals surface area contributed by atoms with Gasteiger partial charge in [0, 0.05) is 5.02 Å². The molecule has 0 aromatic heterocycles. The first-order valence-electron chi connectivity index (χ1n) is 5.33. The summed E-state index contributed by atoms with van der Waals surface area (Å²) in [5.41, 5.74) is 6.09. The van der Waals surface area contributed by atoms with Crippen LogP contribution in [0.15, 0.2) is 36.4 Å². The van der Waals surface area contributed by atoms with Gasteiger partial charge in [0.15, 0.2) is 5.75 Å². The van der Waals surface area contributed by atoms with Crippen LogP contribution in [0.25, 0.3) is 0 Å². The summed E-state index contributed by atoms with van der Waals surface area (Å²) in [4.78, 5) is 12.0. The maximum absolute atomic E-state index is 12.0. The topological polar surface area (TPSA) is 75.4 Å². The summed E-state index contributed by atoms with van der Waals surface area (Å²) in [6.45, 7) is 0. The van der Waals surface area contributed by atoms with Gasteiger partial charge < -0.3 is 16.2 Å². The van der Waals surface area contributed by atoms with Crippen molar-refractivity contribution < 1.29 is 9.90 Å². The average molecular weight is 297 g/mol. The largest absolute Gasteiger partial charge is 0.505 e. The average Bonchev–Trinajstić information content (AvgIpc) is 2.37. The number of phenolic OH excluding ortho intramolecular Hbond substituents is 1. The Hall–Kier alpha value is -1.91. The van der Waals surface area contributed by atoms with E-state index >= 15 is 0 Å².